The molecule has 0 atom stereocenters. The summed E-state index contributed by atoms with van der Waals surface area (Å²) in [5, 5.41) is 10.2. The maximum Gasteiger partial charge on any atom is 0.229 e. The molecule has 174 valence electrons. The van der Waals surface area contributed by atoms with E-state index in [4.69, 9.17) is 12.2 Å². The summed E-state index contributed by atoms with van der Waals surface area (Å²) < 4.78 is 26.9. The van der Waals surface area contributed by atoms with Crippen molar-refractivity contribution in [3.63, 3.8) is 0 Å². The molecule has 0 unspecified atom stereocenters. The first-order chi connectivity index (χ1) is 16.4. The van der Waals surface area contributed by atoms with Gasteiger partial charge in [0.2, 0.25) is 11.9 Å². The van der Waals surface area contributed by atoms with Gasteiger partial charge in [-0.3, -0.25) is 10.3 Å². The predicted molar refractivity (Wildman–Crippen MR) is 135 cm³/mol. The lowest BCUT2D eigenvalue weighted by atomic mass is 10.1. The normalized spacial score (nSPS) is 11.5. The van der Waals surface area contributed by atoms with Gasteiger partial charge in [0.25, 0.3) is 0 Å². The van der Waals surface area contributed by atoms with Crippen LogP contribution in [-0.4, -0.2) is 32.6 Å². The molecular weight excluding hydrogens is 456 g/mol. The molecule has 2 aromatic carbocycles. The third-order valence-electron chi connectivity index (χ3n) is 4.93. The van der Waals surface area contributed by atoms with Gasteiger partial charge in [0.05, 0.1) is 0 Å². The third-order valence-corrected chi connectivity index (χ3v) is 5.13. The van der Waals surface area contributed by atoms with Crippen molar-refractivity contribution in [1.82, 2.24) is 20.3 Å². The van der Waals surface area contributed by atoms with Crippen molar-refractivity contribution in [3.05, 3.63) is 83.3 Å². The SMILES string of the molecule is Cc1cc(C)nc(NC(=NCCc2c[nH]c3ccc(F)cc23)NC(=S)Nc2ccc(F)cc2)n1. The van der Waals surface area contributed by atoms with Crippen LogP contribution in [0.1, 0.15) is 17.0 Å². The second-order valence-corrected chi connectivity index (χ2v) is 8.08. The van der Waals surface area contributed by atoms with Crippen LogP contribution in [0.15, 0.2) is 59.7 Å². The number of halogens is 2. The molecule has 2 heterocycles. The molecule has 0 spiro atoms. The number of hydrogen-bond acceptors (Lipinski definition) is 4. The summed E-state index contributed by atoms with van der Waals surface area (Å²) in [5.41, 5.74) is 4.06. The molecule has 4 N–H and O–H groups in total. The number of aliphatic imine (C=N–C) groups is 1. The Hall–Kier alpha value is -3.92. The number of benzene rings is 2. The number of aromatic amines is 1. The van der Waals surface area contributed by atoms with Gasteiger partial charge in [0.15, 0.2) is 5.11 Å². The van der Waals surface area contributed by atoms with Crippen LogP contribution in [0, 0.1) is 25.5 Å². The number of thiocarbonyl (C=S) groups is 1. The summed E-state index contributed by atoms with van der Waals surface area (Å²) in [4.78, 5) is 16.5. The molecule has 0 aliphatic heterocycles. The zero-order chi connectivity index (χ0) is 24.1. The maximum absolute atomic E-state index is 13.7. The summed E-state index contributed by atoms with van der Waals surface area (Å²) >= 11 is 5.40. The number of hydrogen-bond donors (Lipinski definition) is 4. The first-order valence-corrected chi connectivity index (χ1v) is 11.0. The summed E-state index contributed by atoms with van der Waals surface area (Å²) in [6, 6.07) is 12.3. The second-order valence-electron chi connectivity index (χ2n) is 7.67. The lowest BCUT2D eigenvalue weighted by Crippen LogP contribution is -2.39. The molecule has 0 bridgehead atoms. The molecule has 4 aromatic rings. The fourth-order valence-corrected chi connectivity index (χ4v) is 3.66. The molecule has 0 fully saturated rings. The number of H-pyrrole nitrogens is 1. The van der Waals surface area contributed by atoms with Crippen LogP contribution in [0.4, 0.5) is 20.4 Å². The van der Waals surface area contributed by atoms with Crippen LogP contribution in [0.5, 0.6) is 0 Å². The monoisotopic (exact) mass is 479 g/mol. The van der Waals surface area contributed by atoms with Gasteiger partial charge in [-0.25, -0.2) is 18.7 Å². The standard InChI is InChI=1S/C24H23F2N7S/c1-14-11-15(2)30-23(29-14)32-22(33-24(34)31-19-6-3-17(25)4-7-19)27-10-9-16-13-28-21-8-5-18(26)12-20(16)21/h3-8,11-13,28H,9-10H2,1-2H3,(H3,27,29,30,31,32,33,34). The minimum Gasteiger partial charge on any atom is -0.361 e. The average Bonchev–Trinajstić information content (AvgIpc) is 3.16. The number of aryl methyl sites for hydroxylation is 2. The molecule has 2 aromatic heterocycles. The number of anilines is 2. The van der Waals surface area contributed by atoms with Gasteiger partial charge >= 0.3 is 0 Å². The lowest BCUT2D eigenvalue weighted by Gasteiger charge is -2.14. The highest BCUT2D eigenvalue weighted by Crippen LogP contribution is 2.20. The predicted octanol–water partition coefficient (Wildman–Crippen LogP) is 4.85. The number of rotatable bonds is 5. The Morgan fingerprint density at radius 1 is 0.971 bits per heavy atom. The van der Waals surface area contributed by atoms with E-state index in [0.717, 1.165) is 27.9 Å². The molecule has 7 nitrogen and oxygen atoms in total. The Kier molecular flexibility index (Phi) is 7.07. The molecule has 4 rings (SSSR count). The maximum atomic E-state index is 13.7. The highest BCUT2D eigenvalue weighted by molar-refractivity contribution is 7.80. The first-order valence-electron chi connectivity index (χ1n) is 10.6. The van der Waals surface area contributed by atoms with Crippen LogP contribution < -0.4 is 16.0 Å². The highest BCUT2D eigenvalue weighted by Gasteiger charge is 2.09. The Morgan fingerprint density at radius 2 is 1.68 bits per heavy atom. The molecule has 0 aliphatic carbocycles. The molecular formula is C24H23F2N7S. The van der Waals surface area contributed by atoms with E-state index in [0.29, 0.717) is 30.6 Å². The van der Waals surface area contributed by atoms with E-state index in [1.165, 1.54) is 24.3 Å². The molecule has 34 heavy (non-hydrogen) atoms. The van der Waals surface area contributed by atoms with Gasteiger partial charge in [0, 0.05) is 40.7 Å². The number of nitrogens with one attached hydrogen (secondary N) is 4. The highest BCUT2D eigenvalue weighted by atomic mass is 32.1. The van der Waals surface area contributed by atoms with Gasteiger partial charge in [-0.15, -0.1) is 0 Å². The molecule has 0 aliphatic rings. The molecule has 0 saturated carbocycles. The van der Waals surface area contributed by atoms with Crippen molar-refractivity contribution in [2.45, 2.75) is 20.3 Å². The van der Waals surface area contributed by atoms with Gasteiger partial charge in [-0.1, -0.05) is 0 Å². The minimum atomic E-state index is -0.336. The first kappa shape index (κ1) is 23.2. The number of guanidine groups is 1. The van der Waals surface area contributed by atoms with Crippen molar-refractivity contribution >= 4 is 45.8 Å². The quantitative estimate of drug-likeness (QED) is 0.186. The van der Waals surface area contributed by atoms with Gasteiger partial charge < -0.3 is 15.6 Å². The zero-order valence-electron chi connectivity index (χ0n) is 18.6. The van der Waals surface area contributed by atoms with Gasteiger partial charge in [0.1, 0.15) is 11.6 Å². The molecule has 0 radical (unpaired) electrons. The van der Waals surface area contributed by atoms with E-state index in [-0.39, 0.29) is 16.7 Å². The number of aromatic nitrogens is 3. The topological polar surface area (TPSA) is 90.0 Å². The van der Waals surface area contributed by atoms with Gasteiger partial charge in [-0.05, 0) is 86.6 Å². The Bertz CT molecular complexity index is 1330. The van der Waals surface area contributed by atoms with Crippen LogP contribution in [-0.2, 0) is 6.42 Å². The molecule has 0 amide bonds. The summed E-state index contributed by atoms with van der Waals surface area (Å²) in [6.07, 6.45) is 2.43. The number of nitrogens with zero attached hydrogens (tertiary/aromatic N) is 3. The molecule has 0 saturated heterocycles. The van der Waals surface area contributed by atoms with E-state index in [9.17, 15) is 8.78 Å². The third kappa shape index (κ3) is 6.10. The zero-order valence-corrected chi connectivity index (χ0v) is 19.4. The Balaban J connectivity index is 1.50. The summed E-state index contributed by atoms with van der Waals surface area (Å²) in [7, 11) is 0. The van der Waals surface area contributed by atoms with Crippen molar-refractivity contribution in [2.24, 2.45) is 4.99 Å². The van der Waals surface area contributed by atoms with E-state index < -0.39 is 0 Å². The summed E-state index contributed by atoms with van der Waals surface area (Å²) in [6.45, 7) is 4.14. The average molecular weight is 480 g/mol. The second kappa shape index (κ2) is 10.3. The van der Waals surface area contributed by atoms with Crippen molar-refractivity contribution in [3.8, 4) is 0 Å². The Labute approximate surface area is 200 Å². The van der Waals surface area contributed by atoms with Gasteiger partial charge in [-0.2, -0.15) is 0 Å². The van der Waals surface area contributed by atoms with Crippen LogP contribution in [0.25, 0.3) is 10.9 Å². The van der Waals surface area contributed by atoms with Crippen LogP contribution >= 0.6 is 12.2 Å². The van der Waals surface area contributed by atoms with E-state index in [1.807, 2.05) is 26.1 Å². The number of fused-ring (bicyclic) bond motifs is 1. The molecule has 10 heteroatoms. The van der Waals surface area contributed by atoms with E-state index in [1.54, 1.807) is 18.2 Å². The fraction of sp³-hybridized carbons (Fsp3) is 0.167. The minimum absolute atomic E-state index is 0.261. The van der Waals surface area contributed by atoms with Crippen molar-refractivity contribution in [2.75, 3.05) is 17.2 Å². The smallest absolute Gasteiger partial charge is 0.229 e. The van der Waals surface area contributed by atoms with Crippen LogP contribution in [0.2, 0.25) is 0 Å². The van der Waals surface area contributed by atoms with E-state index >= 15 is 0 Å². The fourth-order valence-electron chi connectivity index (χ4n) is 3.45. The van der Waals surface area contributed by atoms with E-state index in [2.05, 4.69) is 35.9 Å². The largest absolute Gasteiger partial charge is 0.361 e. The van der Waals surface area contributed by atoms with Crippen molar-refractivity contribution in [1.29, 1.82) is 0 Å². The summed E-state index contributed by atoms with van der Waals surface area (Å²) in [5.74, 6) is 0.0978. The Morgan fingerprint density at radius 3 is 2.41 bits per heavy atom. The van der Waals surface area contributed by atoms with Crippen molar-refractivity contribution < 1.29 is 8.78 Å². The lowest BCUT2D eigenvalue weighted by molar-refractivity contribution is 0.628. The van der Waals surface area contributed by atoms with Crippen LogP contribution in [0.3, 0.4) is 0 Å².